The van der Waals surface area contributed by atoms with Crippen molar-refractivity contribution in [2.45, 2.75) is 33.7 Å². The lowest BCUT2D eigenvalue weighted by atomic mass is 9.88. The highest BCUT2D eigenvalue weighted by molar-refractivity contribution is 7.99. The number of hydrogen-bond acceptors (Lipinski definition) is 2. The van der Waals surface area contributed by atoms with Crippen molar-refractivity contribution >= 4 is 11.8 Å². The van der Waals surface area contributed by atoms with E-state index in [4.69, 9.17) is 0 Å². The Morgan fingerprint density at radius 1 is 1.36 bits per heavy atom. The summed E-state index contributed by atoms with van der Waals surface area (Å²) in [6.45, 7) is 9.05. The van der Waals surface area contributed by atoms with Crippen molar-refractivity contribution in [2.24, 2.45) is 5.41 Å². The third-order valence-electron chi connectivity index (χ3n) is 1.88. The Labute approximate surface area is 75.3 Å². The van der Waals surface area contributed by atoms with Crippen molar-refractivity contribution < 1.29 is 0 Å². The molecule has 0 aromatic rings. The normalized spacial score (nSPS) is 15.0. The first-order valence-electron chi connectivity index (χ1n) is 4.27. The monoisotopic (exact) mass is 175 g/mol. The highest BCUT2D eigenvalue weighted by Gasteiger charge is 2.21. The highest BCUT2D eigenvalue weighted by Crippen LogP contribution is 2.21. The summed E-state index contributed by atoms with van der Waals surface area (Å²) in [4.78, 5) is 0. The smallest absolute Gasteiger partial charge is 0.0203 e. The second-order valence-corrected chi connectivity index (χ2v) is 5.19. The van der Waals surface area contributed by atoms with Gasteiger partial charge in [-0.05, 0) is 18.2 Å². The van der Waals surface area contributed by atoms with Crippen LogP contribution in [0, 0.1) is 5.41 Å². The Bertz CT molecular complexity index is 96.2. The zero-order valence-electron chi connectivity index (χ0n) is 8.40. The SMILES string of the molecule is CCSCC(NC)C(C)(C)C. The van der Waals surface area contributed by atoms with Crippen LogP contribution in [0.25, 0.3) is 0 Å². The van der Waals surface area contributed by atoms with Crippen LogP contribution in [0.1, 0.15) is 27.7 Å². The largest absolute Gasteiger partial charge is 0.316 e. The molecule has 0 saturated heterocycles. The van der Waals surface area contributed by atoms with Crippen LogP contribution in [0.3, 0.4) is 0 Å². The molecule has 0 spiro atoms. The van der Waals surface area contributed by atoms with Gasteiger partial charge in [-0.25, -0.2) is 0 Å². The summed E-state index contributed by atoms with van der Waals surface area (Å²) in [5.41, 5.74) is 0.386. The van der Waals surface area contributed by atoms with Gasteiger partial charge < -0.3 is 5.32 Å². The summed E-state index contributed by atoms with van der Waals surface area (Å²) in [5.74, 6) is 2.44. The quantitative estimate of drug-likeness (QED) is 0.704. The molecule has 0 aliphatic rings. The molecule has 0 saturated carbocycles. The van der Waals surface area contributed by atoms with Crippen LogP contribution in [-0.4, -0.2) is 24.6 Å². The van der Waals surface area contributed by atoms with Gasteiger partial charge in [0.15, 0.2) is 0 Å². The van der Waals surface area contributed by atoms with Gasteiger partial charge in [0.2, 0.25) is 0 Å². The highest BCUT2D eigenvalue weighted by atomic mass is 32.2. The minimum Gasteiger partial charge on any atom is -0.316 e. The summed E-state index contributed by atoms with van der Waals surface area (Å²) in [5, 5.41) is 3.36. The van der Waals surface area contributed by atoms with Crippen LogP contribution in [0.15, 0.2) is 0 Å². The number of thioether (sulfide) groups is 1. The molecule has 1 unspecified atom stereocenters. The molecule has 2 heteroatoms. The van der Waals surface area contributed by atoms with Crippen LogP contribution in [0.2, 0.25) is 0 Å². The molecule has 0 fully saturated rings. The minimum absolute atomic E-state index is 0.386. The van der Waals surface area contributed by atoms with Crippen molar-refractivity contribution in [1.29, 1.82) is 0 Å². The molecular weight excluding hydrogens is 154 g/mol. The fraction of sp³-hybridized carbons (Fsp3) is 1.00. The number of hydrogen-bond donors (Lipinski definition) is 1. The molecule has 0 aromatic heterocycles. The predicted octanol–water partition coefficient (Wildman–Crippen LogP) is 2.37. The van der Waals surface area contributed by atoms with Crippen molar-refractivity contribution in [1.82, 2.24) is 5.32 Å². The van der Waals surface area contributed by atoms with Gasteiger partial charge in [-0.15, -0.1) is 0 Å². The molecule has 1 N–H and O–H groups in total. The van der Waals surface area contributed by atoms with Crippen molar-refractivity contribution in [3.63, 3.8) is 0 Å². The van der Waals surface area contributed by atoms with Gasteiger partial charge in [-0.1, -0.05) is 27.7 Å². The van der Waals surface area contributed by atoms with Gasteiger partial charge in [-0.3, -0.25) is 0 Å². The molecule has 68 valence electrons. The first-order valence-corrected chi connectivity index (χ1v) is 5.42. The Kier molecular flexibility index (Phi) is 5.19. The van der Waals surface area contributed by atoms with Crippen molar-refractivity contribution in [3.8, 4) is 0 Å². The number of rotatable bonds is 4. The van der Waals surface area contributed by atoms with Gasteiger partial charge >= 0.3 is 0 Å². The fourth-order valence-electron chi connectivity index (χ4n) is 1.00. The third-order valence-corrected chi connectivity index (χ3v) is 2.86. The Hall–Kier alpha value is 0.310. The molecule has 0 rings (SSSR count). The minimum atomic E-state index is 0.386. The maximum Gasteiger partial charge on any atom is 0.0203 e. The Morgan fingerprint density at radius 2 is 1.91 bits per heavy atom. The second-order valence-electron chi connectivity index (χ2n) is 3.87. The van der Waals surface area contributed by atoms with Gasteiger partial charge in [0.1, 0.15) is 0 Å². The Balaban J connectivity index is 3.76. The summed E-state index contributed by atoms with van der Waals surface area (Å²) in [6.07, 6.45) is 0. The van der Waals surface area contributed by atoms with Crippen LogP contribution in [0.5, 0.6) is 0 Å². The van der Waals surface area contributed by atoms with E-state index in [1.807, 2.05) is 18.8 Å². The maximum absolute atomic E-state index is 3.36. The average Bonchev–Trinajstić information content (AvgIpc) is 1.87. The van der Waals surface area contributed by atoms with Crippen molar-refractivity contribution in [2.75, 3.05) is 18.6 Å². The van der Waals surface area contributed by atoms with E-state index in [-0.39, 0.29) is 0 Å². The lowest BCUT2D eigenvalue weighted by molar-refractivity contribution is 0.305. The zero-order valence-corrected chi connectivity index (χ0v) is 9.22. The van der Waals surface area contributed by atoms with E-state index in [2.05, 4.69) is 33.0 Å². The lowest BCUT2D eigenvalue weighted by Gasteiger charge is -2.29. The standard InChI is InChI=1S/C9H21NS/c1-6-11-7-8(10-5)9(2,3)4/h8,10H,6-7H2,1-5H3. The maximum atomic E-state index is 3.36. The van der Waals surface area contributed by atoms with Gasteiger partial charge in [0, 0.05) is 11.8 Å². The van der Waals surface area contributed by atoms with Crippen LogP contribution < -0.4 is 5.32 Å². The van der Waals surface area contributed by atoms with E-state index >= 15 is 0 Å². The summed E-state index contributed by atoms with van der Waals surface area (Å²) in [6, 6.07) is 0.632. The molecular formula is C9H21NS. The fourth-order valence-corrected chi connectivity index (χ4v) is 2.14. The topological polar surface area (TPSA) is 12.0 Å². The van der Waals surface area contributed by atoms with Crippen molar-refractivity contribution in [3.05, 3.63) is 0 Å². The summed E-state index contributed by atoms with van der Waals surface area (Å²) < 4.78 is 0. The van der Waals surface area contributed by atoms with E-state index in [9.17, 15) is 0 Å². The number of nitrogens with one attached hydrogen (secondary N) is 1. The molecule has 0 aliphatic carbocycles. The Morgan fingerprint density at radius 3 is 2.18 bits per heavy atom. The first-order chi connectivity index (χ1) is 5.02. The molecule has 11 heavy (non-hydrogen) atoms. The van der Waals surface area contributed by atoms with Gasteiger partial charge in [0.05, 0.1) is 0 Å². The molecule has 0 bridgehead atoms. The van der Waals surface area contributed by atoms with Crippen LogP contribution in [-0.2, 0) is 0 Å². The van der Waals surface area contributed by atoms with Gasteiger partial charge in [-0.2, -0.15) is 11.8 Å². The van der Waals surface area contributed by atoms with Crippen LogP contribution in [0.4, 0.5) is 0 Å². The summed E-state index contributed by atoms with van der Waals surface area (Å²) in [7, 11) is 2.05. The zero-order chi connectivity index (χ0) is 8.91. The molecule has 1 nitrogen and oxygen atoms in total. The molecule has 0 heterocycles. The van der Waals surface area contributed by atoms with E-state index < -0.39 is 0 Å². The molecule has 0 amide bonds. The predicted molar refractivity (Wildman–Crippen MR) is 55.3 cm³/mol. The van der Waals surface area contributed by atoms with Gasteiger partial charge in [0.25, 0.3) is 0 Å². The third kappa shape index (κ3) is 4.70. The van der Waals surface area contributed by atoms with E-state index in [0.717, 1.165) is 0 Å². The molecule has 1 atom stereocenters. The first kappa shape index (κ1) is 11.3. The second kappa shape index (κ2) is 5.04. The molecule has 0 aromatic carbocycles. The van der Waals surface area contributed by atoms with Crippen LogP contribution >= 0.6 is 11.8 Å². The average molecular weight is 175 g/mol. The molecule has 0 aliphatic heterocycles. The van der Waals surface area contributed by atoms with E-state index in [0.29, 0.717) is 11.5 Å². The van der Waals surface area contributed by atoms with E-state index in [1.54, 1.807) is 0 Å². The molecule has 0 radical (unpaired) electrons. The van der Waals surface area contributed by atoms with E-state index in [1.165, 1.54) is 11.5 Å². The lowest BCUT2D eigenvalue weighted by Crippen LogP contribution is -2.40. The summed E-state index contributed by atoms with van der Waals surface area (Å²) >= 11 is 2.01.